The quantitative estimate of drug-likeness (QED) is 0.107. The zero-order valence-electron chi connectivity index (χ0n) is 25.5. The van der Waals surface area contributed by atoms with Crippen LogP contribution in [0.15, 0.2) is 24.3 Å². The topological polar surface area (TPSA) is 0 Å². The van der Waals surface area contributed by atoms with Gasteiger partial charge in [0.1, 0.15) is 0 Å². The molecule has 239 valence electrons. The van der Waals surface area contributed by atoms with Gasteiger partial charge in [-0.05, 0) is 121 Å². The normalized spacial score (nSPS) is 27.8. The first-order chi connectivity index (χ1) is 19.4. The summed E-state index contributed by atoms with van der Waals surface area (Å²) >= 11 is 0. The van der Waals surface area contributed by atoms with Crippen LogP contribution in [0, 0.1) is 11.8 Å². The molecule has 0 aromatic heterocycles. The molecular formula is C33H58BF4P2Rh+. The van der Waals surface area contributed by atoms with Gasteiger partial charge in [-0.1, -0.05) is 50.0 Å². The van der Waals surface area contributed by atoms with Crippen molar-refractivity contribution >= 4 is 23.1 Å². The maximum atomic E-state index is 9.75. The van der Waals surface area contributed by atoms with Gasteiger partial charge in [-0.25, -0.2) is 0 Å². The summed E-state index contributed by atoms with van der Waals surface area (Å²) in [7, 11) is -6.18. The Hall–Kier alpha value is 0.748. The van der Waals surface area contributed by atoms with Crippen molar-refractivity contribution in [2.24, 2.45) is 11.8 Å². The SMILES string of the molecule is C1=CC2C=CC1C2.C1CCC([PH+](CC[PH+](C2CCCCC2)C2CCCCC2)C2CCCCC2)CC1.F[B-](F)(F)F.[Rh]. The summed E-state index contributed by atoms with van der Waals surface area (Å²) in [6.45, 7) is 0. The Morgan fingerprint density at radius 2 is 0.659 bits per heavy atom. The van der Waals surface area contributed by atoms with E-state index in [1.54, 1.807) is 141 Å². The van der Waals surface area contributed by atoms with Crippen molar-refractivity contribution in [1.29, 1.82) is 0 Å². The van der Waals surface area contributed by atoms with Gasteiger partial charge in [0.15, 0.2) is 0 Å². The summed E-state index contributed by atoms with van der Waals surface area (Å²) < 4.78 is 39.0. The van der Waals surface area contributed by atoms with Gasteiger partial charge in [0.05, 0.1) is 35.0 Å². The van der Waals surface area contributed by atoms with Crippen LogP contribution in [0.2, 0.25) is 0 Å². The molecule has 4 saturated carbocycles. The molecule has 1 radical (unpaired) electrons. The van der Waals surface area contributed by atoms with E-state index in [4.69, 9.17) is 0 Å². The van der Waals surface area contributed by atoms with Crippen LogP contribution in [0.25, 0.3) is 0 Å². The van der Waals surface area contributed by atoms with E-state index in [9.17, 15) is 17.3 Å². The molecule has 4 fully saturated rings. The Morgan fingerprint density at radius 3 is 0.829 bits per heavy atom. The molecule has 6 aliphatic rings. The first kappa shape index (κ1) is 36.2. The predicted octanol–water partition coefficient (Wildman–Crippen LogP) is 11.8. The molecule has 8 heteroatoms. The average Bonchev–Trinajstić information content (AvgIpc) is 3.64. The summed E-state index contributed by atoms with van der Waals surface area (Å²) in [5, 5.41) is 0. The molecule has 0 atom stereocenters. The molecule has 0 N–H and O–H groups in total. The van der Waals surface area contributed by atoms with Crippen molar-refractivity contribution < 1.29 is 36.7 Å². The molecule has 0 spiro atoms. The summed E-state index contributed by atoms with van der Waals surface area (Å²) in [4.78, 5) is 0. The van der Waals surface area contributed by atoms with Crippen molar-refractivity contribution in [2.45, 2.75) is 157 Å². The van der Waals surface area contributed by atoms with Gasteiger partial charge in [0.25, 0.3) is 0 Å². The number of allylic oxidation sites excluding steroid dienone is 4. The number of hydrogen-bond acceptors (Lipinski definition) is 0. The maximum absolute atomic E-state index is 9.75. The van der Waals surface area contributed by atoms with Gasteiger partial charge in [-0.15, -0.1) is 0 Å². The van der Waals surface area contributed by atoms with Gasteiger partial charge in [0, 0.05) is 35.3 Å². The van der Waals surface area contributed by atoms with Crippen molar-refractivity contribution in [3.05, 3.63) is 24.3 Å². The van der Waals surface area contributed by atoms with Crippen LogP contribution < -0.4 is 0 Å². The van der Waals surface area contributed by atoms with Crippen molar-refractivity contribution in [2.75, 3.05) is 12.3 Å². The van der Waals surface area contributed by atoms with Gasteiger partial charge >= 0.3 is 7.25 Å². The van der Waals surface area contributed by atoms with E-state index in [2.05, 4.69) is 24.3 Å². The fourth-order valence-corrected chi connectivity index (χ4v) is 18.9. The summed E-state index contributed by atoms with van der Waals surface area (Å²) in [5.74, 6) is 1.62. The molecule has 6 rings (SSSR count). The first-order valence-corrected chi connectivity index (χ1v) is 21.0. The van der Waals surface area contributed by atoms with Crippen LogP contribution in [-0.2, 0) is 19.5 Å². The molecule has 0 aromatic rings. The molecule has 2 bridgehead atoms. The minimum atomic E-state index is -6.00. The van der Waals surface area contributed by atoms with Gasteiger partial charge in [-0.3, -0.25) is 0 Å². The second-order valence-electron chi connectivity index (χ2n) is 13.8. The fourth-order valence-electron chi connectivity index (χ4n) is 8.99. The van der Waals surface area contributed by atoms with Crippen LogP contribution in [-0.4, -0.2) is 42.2 Å². The van der Waals surface area contributed by atoms with Crippen LogP contribution in [0.3, 0.4) is 0 Å². The van der Waals surface area contributed by atoms with Crippen LogP contribution in [0.5, 0.6) is 0 Å². The third-order valence-corrected chi connectivity index (χ3v) is 19.6. The average molecular weight is 706 g/mol. The third-order valence-electron chi connectivity index (χ3n) is 11.0. The van der Waals surface area contributed by atoms with Crippen LogP contribution >= 0.6 is 15.8 Å². The van der Waals surface area contributed by atoms with Gasteiger partial charge in [0.2, 0.25) is 0 Å². The number of hydrogen-bond donors (Lipinski definition) is 0. The molecule has 41 heavy (non-hydrogen) atoms. The third kappa shape index (κ3) is 13.3. The molecule has 0 amide bonds. The predicted molar refractivity (Wildman–Crippen MR) is 174 cm³/mol. The Balaban J connectivity index is 0.000000294. The van der Waals surface area contributed by atoms with E-state index in [1.807, 2.05) is 0 Å². The van der Waals surface area contributed by atoms with E-state index < -0.39 is 7.25 Å². The summed E-state index contributed by atoms with van der Waals surface area (Å²) in [5.41, 5.74) is 4.90. The van der Waals surface area contributed by atoms with E-state index in [0.717, 1.165) is 11.8 Å². The van der Waals surface area contributed by atoms with Crippen molar-refractivity contribution in [1.82, 2.24) is 0 Å². The summed E-state index contributed by atoms with van der Waals surface area (Å²) in [6.07, 6.45) is 46.0. The molecule has 0 heterocycles. The zero-order valence-corrected chi connectivity index (χ0v) is 29.1. The molecule has 0 unspecified atom stereocenters. The number of halogens is 4. The molecule has 0 saturated heterocycles. The molecule has 0 aliphatic heterocycles. The Labute approximate surface area is 264 Å². The first-order valence-electron chi connectivity index (χ1n) is 17.3. The monoisotopic (exact) mass is 706 g/mol. The molecule has 6 aliphatic carbocycles. The van der Waals surface area contributed by atoms with Crippen LogP contribution in [0.4, 0.5) is 17.3 Å². The standard InChI is InChI=1S/C26H48P2.C7H8.BF4.Rh/c1-5-13-23(14-6-1)27(24-15-7-2-8-16-24)21-22-28(25-17-9-3-10-18-25)26-19-11-4-12-20-26;1-2-7-4-3-6(1)5-7;2-1(3,4)5;/h23-26H,1-22H2;1-4,6-7H,5H2;;/q;;-1;/p+2. The minimum absolute atomic E-state index is 0. The van der Waals surface area contributed by atoms with Gasteiger partial charge in [-0.2, -0.15) is 0 Å². The second-order valence-corrected chi connectivity index (χ2v) is 20.4. The zero-order chi connectivity index (χ0) is 28.2. The molecular weight excluding hydrogens is 648 g/mol. The number of rotatable bonds is 7. The Morgan fingerprint density at radius 1 is 0.439 bits per heavy atom. The van der Waals surface area contributed by atoms with Crippen molar-refractivity contribution in [3.8, 4) is 0 Å². The van der Waals surface area contributed by atoms with E-state index in [0.29, 0.717) is 0 Å². The minimum Gasteiger partial charge on any atom is -0.418 e. The largest absolute Gasteiger partial charge is 0.673 e. The van der Waals surface area contributed by atoms with Gasteiger partial charge < -0.3 is 17.3 Å². The Bertz CT molecular complexity index is 645. The van der Waals surface area contributed by atoms with Crippen molar-refractivity contribution in [3.63, 3.8) is 0 Å². The van der Waals surface area contributed by atoms with E-state index in [-0.39, 0.29) is 35.3 Å². The van der Waals surface area contributed by atoms with E-state index in [1.165, 1.54) is 29.1 Å². The molecule has 0 aromatic carbocycles. The second kappa shape index (κ2) is 19.3. The maximum Gasteiger partial charge on any atom is 0.673 e. The number of fused-ring (bicyclic) bond motifs is 2. The smallest absolute Gasteiger partial charge is 0.418 e. The molecule has 0 nitrogen and oxygen atoms in total. The fraction of sp³-hybridized carbons (Fsp3) is 0.879. The Kier molecular flexibility index (Phi) is 17.1. The summed E-state index contributed by atoms with van der Waals surface area (Å²) in [6, 6.07) is 0. The van der Waals surface area contributed by atoms with Crippen LogP contribution in [0.1, 0.15) is 135 Å². The van der Waals surface area contributed by atoms with E-state index >= 15 is 0 Å².